The van der Waals surface area contributed by atoms with E-state index in [0.29, 0.717) is 0 Å². The van der Waals surface area contributed by atoms with E-state index >= 15 is 0 Å². The lowest BCUT2D eigenvalue weighted by Crippen LogP contribution is -2.43. The Labute approximate surface area is 123 Å². The molecule has 0 aliphatic carbocycles. The van der Waals surface area contributed by atoms with Crippen molar-refractivity contribution in [1.82, 2.24) is 9.88 Å². The molecule has 1 aliphatic rings. The molecule has 0 radical (unpaired) electrons. The van der Waals surface area contributed by atoms with E-state index in [9.17, 15) is 13.2 Å². The number of carbonyl (C=O) groups is 1. The van der Waals surface area contributed by atoms with Crippen molar-refractivity contribution in [2.45, 2.75) is 50.0 Å². The molecule has 1 aromatic heterocycles. The molecule has 1 saturated heterocycles. The Bertz CT molecular complexity index is 580. The van der Waals surface area contributed by atoms with Crippen LogP contribution in [0.1, 0.15) is 49.5 Å². The number of nitrogens with zero attached hydrogens (tertiary/aromatic N) is 1. The van der Waals surface area contributed by atoms with Crippen molar-refractivity contribution in [3.05, 3.63) is 18.0 Å². The van der Waals surface area contributed by atoms with Gasteiger partial charge in [-0.1, -0.05) is 13.3 Å². The summed E-state index contributed by atoms with van der Waals surface area (Å²) < 4.78 is 22.5. The van der Waals surface area contributed by atoms with Crippen LogP contribution in [0.4, 0.5) is 0 Å². The number of rotatable bonds is 4. The molecule has 1 amide bonds. The summed E-state index contributed by atoms with van der Waals surface area (Å²) in [7, 11) is 1.47. The third-order valence-corrected chi connectivity index (χ3v) is 5.01. The van der Waals surface area contributed by atoms with E-state index in [1.54, 1.807) is 0 Å². The Morgan fingerprint density at radius 1 is 1.50 bits per heavy atom. The van der Waals surface area contributed by atoms with Crippen molar-refractivity contribution in [2.75, 3.05) is 6.54 Å². The van der Waals surface area contributed by atoms with Gasteiger partial charge >= 0.3 is 0 Å². The first-order valence-electron chi connectivity index (χ1n) is 6.87. The summed E-state index contributed by atoms with van der Waals surface area (Å²) in [5.41, 5.74) is 0.284. The number of carbonyl (C=O) groups excluding carboxylic acids is 1. The molecule has 0 saturated carbocycles. The second kappa shape index (κ2) is 6.18. The summed E-state index contributed by atoms with van der Waals surface area (Å²) in [6.07, 6.45) is 6.41. The molecule has 1 aromatic rings. The van der Waals surface area contributed by atoms with Gasteiger partial charge in [-0.2, -0.15) is 0 Å². The molecule has 5 nitrogen and oxygen atoms in total. The fourth-order valence-corrected chi connectivity index (χ4v) is 3.42. The van der Waals surface area contributed by atoms with Gasteiger partial charge in [-0.25, -0.2) is 8.42 Å². The average Bonchev–Trinajstić information content (AvgIpc) is 2.88. The third kappa shape index (κ3) is 3.35. The van der Waals surface area contributed by atoms with Crippen molar-refractivity contribution in [3.8, 4) is 0 Å². The van der Waals surface area contributed by atoms with E-state index in [0.717, 1.165) is 38.6 Å². The second-order valence-corrected chi connectivity index (χ2v) is 7.69. The highest BCUT2D eigenvalue weighted by Gasteiger charge is 2.28. The number of halogens is 1. The van der Waals surface area contributed by atoms with Gasteiger partial charge in [0.05, 0.1) is 0 Å². The van der Waals surface area contributed by atoms with E-state index in [1.807, 2.05) is 4.90 Å². The highest BCUT2D eigenvalue weighted by Crippen LogP contribution is 2.24. The molecular weight excluding hydrogens is 300 g/mol. The summed E-state index contributed by atoms with van der Waals surface area (Å²) in [5, 5.41) is 0. The summed E-state index contributed by atoms with van der Waals surface area (Å²) >= 11 is 0. The minimum Gasteiger partial charge on any atom is -0.356 e. The molecule has 1 aliphatic heterocycles. The lowest BCUT2D eigenvalue weighted by atomic mass is 9.98. The molecule has 2 rings (SSSR count). The number of likely N-dealkylation sites (tertiary alicyclic amines) is 1. The molecular formula is C13H19ClN2O3S. The van der Waals surface area contributed by atoms with Crippen LogP contribution in [0.5, 0.6) is 0 Å². The van der Waals surface area contributed by atoms with Gasteiger partial charge in [0, 0.05) is 29.5 Å². The fourth-order valence-electron chi connectivity index (χ4n) is 2.69. The Hall–Kier alpha value is -1.01. The van der Waals surface area contributed by atoms with Crippen LogP contribution < -0.4 is 0 Å². The lowest BCUT2D eigenvalue weighted by Gasteiger charge is -2.35. The summed E-state index contributed by atoms with van der Waals surface area (Å²) in [6, 6.07) is 1.56. The van der Waals surface area contributed by atoms with Gasteiger partial charge in [-0.3, -0.25) is 4.79 Å². The molecule has 0 aromatic carbocycles. The molecule has 0 spiro atoms. The van der Waals surface area contributed by atoms with Crippen LogP contribution in [0, 0.1) is 0 Å². The minimum atomic E-state index is -3.80. The largest absolute Gasteiger partial charge is 0.356 e. The van der Waals surface area contributed by atoms with Crippen LogP contribution in [0.15, 0.2) is 17.2 Å². The Kier molecular flexibility index (Phi) is 4.75. The number of nitrogens with one attached hydrogen (secondary N) is 1. The van der Waals surface area contributed by atoms with Crippen molar-refractivity contribution >= 4 is 25.6 Å². The molecule has 20 heavy (non-hydrogen) atoms. The van der Waals surface area contributed by atoms with Crippen molar-refractivity contribution < 1.29 is 13.2 Å². The normalized spacial score (nSPS) is 20.1. The van der Waals surface area contributed by atoms with Crippen LogP contribution in [-0.4, -0.2) is 36.8 Å². The Morgan fingerprint density at radius 2 is 2.25 bits per heavy atom. The Balaban J connectivity index is 2.19. The number of hydrogen-bond donors (Lipinski definition) is 1. The molecule has 1 N–H and O–H groups in total. The molecule has 7 heteroatoms. The van der Waals surface area contributed by atoms with E-state index in [2.05, 4.69) is 11.9 Å². The van der Waals surface area contributed by atoms with Gasteiger partial charge in [0.15, 0.2) is 0 Å². The maximum atomic E-state index is 12.5. The SMILES string of the molecule is CCCC1CCCCN1C(=O)c1cc(S(=O)(=O)Cl)c[nH]1. The van der Waals surface area contributed by atoms with Gasteiger partial charge in [-0.15, -0.1) is 0 Å². The smallest absolute Gasteiger partial charge is 0.270 e. The second-order valence-electron chi connectivity index (χ2n) is 5.12. The van der Waals surface area contributed by atoms with Crippen LogP contribution >= 0.6 is 10.7 Å². The molecule has 112 valence electrons. The first-order valence-corrected chi connectivity index (χ1v) is 9.18. The van der Waals surface area contributed by atoms with E-state index in [1.165, 1.54) is 12.3 Å². The number of aromatic amines is 1. The minimum absolute atomic E-state index is 0.0634. The molecule has 1 atom stereocenters. The molecule has 1 unspecified atom stereocenters. The van der Waals surface area contributed by atoms with Gasteiger partial charge in [0.1, 0.15) is 10.6 Å². The number of H-pyrrole nitrogens is 1. The fraction of sp³-hybridized carbons (Fsp3) is 0.615. The third-order valence-electron chi connectivity index (χ3n) is 3.68. The Morgan fingerprint density at radius 3 is 2.85 bits per heavy atom. The monoisotopic (exact) mass is 318 g/mol. The van der Waals surface area contributed by atoms with Gasteiger partial charge < -0.3 is 9.88 Å². The predicted octanol–water partition coefficient (Wildman–Crippen LogP) is 2.74. The maximum absolute atomic E-state index is 12.5. The van der Waals surface area contributed by atoms with Gasteiger partial charge in [-0.05, 0) is 31.7 Å². The van der Waals surface area contributed by atoms with Crippen molar-refractivity contribution in [3.63, 3.8) is 0 Å². The van der Waals surface area contributed by atoms with Crippen molar-refractivity contribution in [2.24, 2.45) is 0 Å². The van der Waals surface area contributed by atoms with E-state index in [-0.39, 0.29) is 22.5 Å². The number of amides is 1. The van der Waals surface area contributed by atoms with Gasteiger partial charge in [0.25, 0.3) is 15.0 Å². The quantitative estimate of drug-likeness (QED) is 0.868. The summed E-state index contributed by atoms with van der Waals surface area (Å²) in [6.45, 7) is 2.83. The van der Waals surface area contributed by atoms with Crippen molar-refractivity contribution in [1.29, 1.82) is 0 Å². The highest BCUT2D eigenvalue weighted by molar-refractivity contribution is 8.13. The van der Waals surface area contributed by atoms with Crippen LogP contribution in [-0.2, 0) is 9.05 Å². The number of aromatic nitrogens is 1. The summed E-state index contributed by atoms with van der Waals surface area (Å²) in [5.74, 6) is -0.144. The standard InChI is InChI=1S/C13H19ClN2O3S/c1-2-5-10-6-3-4-7-16(10)13(17)12-8-11(9-15-12)20(14,18)19/h8-10,15H,2-7H2,1H3. The number of hydrogen-bond acceptors (Lipinski definition) is 3. The maximum Gasteiger partial charge on any atom is 0.270 e. The zero-order chi connectivity index (χ0) is 14.8. The zero-order valence-electron chi connectivity index (χ0n) is 11.4. The van der Waals surface area contributed by atoms with Crippen LogP contribution in [0.2, 0.25) is 0 Å². The first-order chi connectivity index (χ1) is 9.43. The molecule has 1 fully saturated rings. The lowest BCUT2D eigenvalue weighted by molar-refractivity contribution is 0.0595. The van der Waals surface area contributed by atoms with E-state index < -0.39 is 9.05 Å². The molecule has 0 bridgehead atoms. The van der Waals surface area contributed by atoms with Crippen LogP contribution in [0.3, 0.4) is 0 Å². The summed E-state index contributed by atoms with van der Waals surface area (Å²) in [4.78, 5) is 17.0. The highest BCUT2D eigenvalue weighted by atomic mass is 35.7. The number of piperidine rings is 1. The van der Waals surface area contributed by atoms with Gasteiger partial charge in [0.2, 0.25) is 0 Å². The average molecular weight is 319 g/mol. The first kappa shape index (κ1) is 15.4. The predicted molar refractivity (Wildman–Crippen MR) is 77.4 cm³/mol. The van der Waals surface area contributed by atoms with Crippen LogP contribution in [0.25, 0.3) is 0 Å². The zero-order valence-corrected chi connectivity index (χ0v) is 13.0. The molecule has 2 heterocycles. The topological polar surface area (TPSA) is 70.2 Å². The van der Waals surface area contributed by atoms with E-state index in [4.69, 9.17) is 10.7 Å².